The highest BCUT2D eigenvalue weighted by molar-refractivity contribution is 9.08. The summed E-state index contributed by atoms with van der Waals surface area (Å²) in [5.74, 6) is 1.38. The Balaban J connectivity index is 2.28. The first-order valence-electron chi connectivity index (χ1n) is 4.35. The maximum absolute atomic E-state index is 5.13. The Kier molecular flexibility index (Phi) is 3.01. The van der Waals surface area contributed by atoms with Crippen molar-refractivity contribution in [1.29, 1.82) is 0 Å². The third kappa shape index (κ3) is 2.18. The van der Waals surface area contributed by atoms with Crippen LogP contribution in [0.2, 0.25) is 0 Å². The number of nitrogens with zero attached hydrogens (tertiary/aromatic N) is 2. The summed E-state index contributed by atoms with van der Waals surface area (Å²) in [6, 6.07) is 5.51. The topological polar surface area (TPSA) is 48.2 Å². The summed E-state index contributed by atoms with van der Waals surface area (Å²) in [5.41, 5.74) is 1.60. The molecule has 0 aliphatic carbocycles. The van der Waals surface area contributed by atoms with E-state index in [9.17, 15) is 0 Å². The maximum Gasteiger partial charge on any atom is 0.185 e. The molecule has 0 radical (unpaired) electrons. The molecule has 0 amide bonds. The third-order valence-electron chi connectivity index (χ3n) is 1.92. The van der Waals surface area contributed by atoms with Crippen LogP contribution in [0.5, 0.6) is 5.75 Å². The van der Waals surface area contributed by atoms with Gasteiger partial charge in [0, 0.05) is 11.4 Å². The summed E-state index contributed by atoms with van der Waals surface area (Å²) < 4.78 is 10.1. The summed E-state index contributed by atoms with van der Waals surface area (Å²) >= 11 is 3.30. The molecular formula is C10H9BrN2O2. The predicted molar refractivity (Wildman–Crippen MR) is 58.9 cm³/mol. The lowest BCUT2D eigenvalue weighted by atomic mass is 10.2. The lowest BCUT2D eigenvalue weighted by molar-refractivity contribution is 0.411. The van der Waals surface area contributed by atoms with Crippen molar-refractivity contribution >= 4 is 15.9 Å². The van der Waals surface area contributed by atoms with Crippen LogP contribution in [0.3, 0.4) is 0 Å². The molecule has 0 aromatic carbocycles. The highest BCUT2D eigenvalue weighted by atomic mass is 79.9. The van der Waals surface area contributed by atoms with Crippen LogP contribution in [0.15, 0.2) is 28.9 Å². The summed E-state index contributed by atoms with van der Waals surface area (Å²) in [4.78, 5) is 4.19. The Morgan fingerprint density at radius 1 is 1.47 bits per heavy atom. The molecule has 4 nitrogen and oxygen atoms in total. The molecule has 5 heteroatoms. The van der Waals surface area contributed by atoms with Crippen molar-refractivity contribution in [1.82, 2.24) is 10.1 Å². The summed E-state index contributed by atoms with van der Waals surface area (Å²) in [6.07, 6.45) is 1.64. The van der Waals surface area contributed by atoms with Gasteiger partial charge in [-0.3, -0.25) is 0 Å². The third-order valence-corrected chi connectivity index (χ3v) is 2.49. The van der Waals surface area contributed by atoms with Crippen molar-refractivity contribution < 1.29 is 9.26 Å². The SMILES string of the molecule is COc1ccc(-c2cc(CBr)no2)nc1. The van der Waals surface area contributed by atoms with Gasteiger partial charge in [0.15, 0.2) is 5.76 Å². The van der Waals surface area contributed by atoms with Gasteiger partial charge in [-0.15, -0.1) is 0 Å². The average molecular weight is 269 g/mol. The second-order valence-electron chi connectivity index (χ2n) is 2.90. The standard InChI is InChI=1S/C10H9BrN2O2/c1-14-8-2-3-9(12-6-8)10-4-7(5-11)13-15-10/h2-4,6H,5H2,1H3. The molecule has 0 spiro atoms. The number of methoxy groups -OCH3 is 1. The largest absolute Gasteiger partial charge is 0.495 e. The second kappa shape index (κ2) is 4.44. The minimum Gasteiger partial charge on any atom is -0.495 e. The van der Waals surface area contributed by atoms with Crippen LogP contribution in [0.1, 0.15) is 5.69 Å². The summed E-state index contributed by atoms with van der Waals surface area (Å²) in [7, 11) is 1.61. The zero-order chi connectivity index (χ0) is 10.7. The number of aromatic nitrogens is 2. The molecule has 2 aromatic rings. The molecule has 15 heavy (non-hydrogen) atoms. The number of rotatable bonds is 3. The minimum absolute atomic E-state index is 0.659. The smallest absolute Gasteiger partial charge is 0.185 e. The van der Waals surface area contributed by atoms with E-state index in [0.717, 1.165) is 17.1 Å². The second-order valence-corrected chi connectivity index (χ2v) is 3.46. The lowest BCUT2D eigenvalue weighted by Crippen LogP contribution is -1.85. The van der Waals surface area contributed by atoms with Crippen LogP contribution < -0.4 is 4.74 Å². The molecule has 0 atom stereocenters. The van der Waals surface area contributed by atoms with Gasteiger partial charge in [0.2, 0.25) is 0 Å². The number of hydrogen-bond acceptors (Lipinski definition) is 4. The number of hydrogen-bond donors (Lipinski definition) is 0. The van der Waals surface area contributed by atoms with Gasteiger partial charge in [-0.25, -0.2) is 4.98 Å². The van der Waals surface area contributed by atoms with Gasteiger partial charge in [-0.1, -0.05) is 21.1 Å². The fraction of sp³-hybridized carbons (Fsp3) is 0.200. The highest BCUT2D eigenvalue weighted by Gasteiger charge is 2.06. The lowest BCUT2D eigenvalue weighted by Gasteiger charge is -1.98. The van der Waals surface area contributed by atoms with Crippen molar-refractivity contribution in [2.45, 2.75) is 5.33 Å². The molecule has 0 unspecified atom stereocenters. The Morgan fingerprint density at radius 3 is 2.87 bits per heavy atom. The molecular weight excluding hydrogens is 260 g/mol. The van der Waals surface area contributed by atoms with Crippen molar-refractivity contribution in [2.24, 2.45) is 0 Å². The van der Waals surface area contributed by atoms with Crippen LogP contribution in [-0.4, -0.2) is 17.3 Å². The Hall–Kier alpha value is -1.36. The molecule has 2 aromatic heterocycles. The van der Waals surface area contributed by atoms with Gasteiger partial charge < -0.3 is 9.26 Å². The molecule has 0 saturated carbocycles. The van der Waals surface area contributed by atoms with E-state index >= 15 is 0 Å². The molecule has 0 N–H and O–H groups in total. The number of alkyl halides is 1. The van der Waals surface area contributed by atoms with E-state index in [1.807, 2.05) is 18.2 Å². The van der Waals surface area contributed by atoms with Crippen molar-refractivity contribution in [3.05, 3.63) is 30.1 Å². The van der Waals surface area contributed by atoms with Crippen molar-refractivity contribution in [3.8, 4) is 17.2 Å². The molecule has 0 aliphatic heterocycles. The fourth-order valence-corrected chi connectivity index (χ4v) is 1.41. The predicted octanol–water partition coefficient (Wildman–Crippen LogP) is 2.64. The molecule has 0 fully saturated rings. The van der Waals surface area contributed by atoms with Gasteiger partial charge in [0.05, 0.1) is 19.0 Å². The zero-order valence-corrected chi connectivity index (χ0v) is 9.69. The van der Waals surface area contributed by atoms with E-state index in [1.54, 1.807) is 13.3 Å². The van der Waals surface area contributed by atoms with E-state index in [2.05, 4.69) is 26.1 Å². The van der Waals surface area contributed by atoms with Gasteiger partial charge in [-0.05, 0) is 12.1 Å². The first-order chi connectivity index (χ1) is 7.33. The Morgan fingerprint density at radius 2 is 2.33 bits per heavy atom. The quantitative estimate of drug-likeness (QED) is 0.803. The minimum atomic E-state index is 0.659. The van der Waals surface area contributed by atoms with E-state index in [-0.39, 0.29) is 0 Å². The van der Waals surface area contributed by atoms with Gasteiger partial charge in [0.1, 0.15) is 11.4 Å². The zero-order valence-electron chi connectivity index (χ0n) is 8.11. The first kappa shape index (κ1) is 10.2. The van der Waals surface area contributed by atoms with E-state index < -0.39 is 0 Å². The molecule has 0 aliphatic rings. The van der Waals surface area contributed by atoms with Crippen LogP contribution in [-0.2, 0) is 5.33 Å². The number of ether oxygens (including phenoxy) is 1. The van der Waals surface area contributed by atoms with Crippen molar-refractivity contribution in [2.75, 3.05) is 7.11 Å². The van der Waals surface area contributed by atoms with Gasteiger partial charge in [0.25, 0.3) is 0 Å². The van der Waals surface area contributed by atoms with E-state index in [0.29, 0.717) is 11.1 Å². The maximum atomic E-state index is 5.13. The molecule has 78 valence electrons. The monoisotopic (exact) mass is 268 g/mol. The van der Waals surface area contributed by atoms with Gasteiger partial charge >= 0.3 is 0 Å². The molecule has 0 bridgehead atoms. The highest BCUT2D eigenvalue weighted by Crippen LogP contribution is 2.20. The number of pyridine rings is 1. The summed E-state index contributed by atoms with van der Waals surface area (Å²) in [6.45, 7) is 0. The normalized spacial score (nSPS) is 10.3. The van der Waals surface area contributed by atoms with Crippen LogP contribution >= 0.6 is 15.9 Å². The van der Waals surface area contributed by atoms with Crippen LogP contribution in [0.25, 0.3) is 11.5 Å². The van der Waals surface area contributed by atoms with Crippen molar-refractivity contribution in [3.63, 3.8) is 0 Å². The average Bonchev–Trinajstić information content (AvgIpc) is 2.78. The Bertz CT molecular complexity index is 439. The first-order valence-corrected chi connectivity index (χ1v) is 5.47. The Labute approximate surface area is 95.4 Å². The fourth-order valence-electron chi connectivity index (χ4n) is 1.14. The van der Waals surface area contributed by atoms with Crippen LogP contribution in [0.4, 0.5) is 0 Å². The van der Waals surface area contributed by atoms with E-state index in [4.69, 9.17) is 9.26 Å². The van der Waals surface area contributed by atoms with Gasteiger partial charge in [-0.2, -0.15) is 0 Å². The molecule has 2 heterocycles. The number of halogens is 1. The molecule has 0 saturated heterocycles. The summed E-state index contributed by atoms with van der Waals surface area (Å²) in [5, 5.41) is 4.53. The molecule has 2 rings (SSSR count). The van der Waals surface area contributed by atoms with E-state index in [1.165, 1.54) is 0 Å². The van der Waals surface area contributed by atoms with Crippen LogP contribution in [0, 0.1) is 0 Å².